The van der Waals surface area contributed by atoms with Gasteiger partial charge >= 0.3 is 0 Å². The smallest absolute Gasteiger partial charge is 0.220 e. The van der Waals surface area contributed by atoms with Crippen LogP contribution in [0.4, 0.5) is 0 Å². The second-order valence-electron chi connectivity index (χ2n) is 7.76. The molecule has 1 amide bonds. The zero-order valence-corrected chi connectivity index (χ0v) is 16.1. The molecule has 1 aliphatic rings. The Morgan fingerprint density at radius 1 is 1.28 bits per heavy atom. The fourth-order valence-electron chi connectivity index (χ4n) is 4.11. The molecule has 0 radical (unpaired) electrons. The first-order valence-electron chi connectivity index (χ1n) is 9.48. The van der Waals surface area contributed by atoms with Gasteiger partial charge in [-0.1, -0.05) is 26.7 Å². The standard InChI is InChI=1S/C20H30N4O/c1-12-7-6-8-18(14(12)3)22-20(25)10-9-17-15(4)21-19-11-13(2)23-24(19)16(17)5/h11-12,14,18H,6-10H2,1-5H3,(H,22,25)/t12-,14-,18+/m0/s1. The summed E-state index contributed by atoms with van der Waals surface area (Å²) in [6.07, 6.45) is 4.82. The van der Waals surface area contributed by atoms with E-state index in [1.807, 2.05) is 24.4 Å². The number of amides is 1. The summed E-state index contributed by atoms with van der Waals surface area (Å²) in [6.45, 7) is 10.6. The van der Waals surface area contributed by atoms with Crippen LogP contribution >= 0.6 is 0 Å². The predicted octanol–water partition coefficient (Wildman–Crippen LogP) is 3.53. The van der Waals surface area contributed by atoms with Gasteiger partial charge in [0.1, 0.15) is 0 Å². The van der Waals surface area contributed by atoms with Gasteiger partial charge in [0.05, 0.1) is 5.69 Å². The summed E-state index contributed by atoms with van der Waals surface area (Å²) >= 11 is 0. The maximum atomic E-state index is 12.5. The van der Waals surface area contributed by atoms with Gasteiger partial charge in [-0.25, -0.2) is 9.50 Å². The lowest BCUT2D eigenvalue weighted by atomic mass is 9.78. The Bertz CT molecular complexity index is 780. The van der Waals surface area contributed by atoms with Gasteiger partial charge in [-0.15, -0.1) is 0 Å². The predicted molar refractivity (Wildman–Crippen MR) is 99.6 cm³/mol. The Kier molecular flexibility index (Phi) is 5.11. The molecule has 3 atom stereocenters. The van der Waals surface area contributed by atoms with Gasteiger partial charge in [0.2, 0.25) is 5.91 Å². The van der Waals surface area contributed by atoms with Gasteiger partial charge in [-0.2, -0.15) is 5.10 Å². The normalized spacial score (nSPS) is 23.8. The van der Waals surface area contributed by atoms with Crippen molar-refractivity contribution in [2.75, 3.05) is 0 Å². The molecule has 2 heterocycles. The van der Waals surface area contributed by atoms with Crippen LogP contribution in [0.5, 0.6) is 0 Å². The van der Waals surface area contributed by atoms with Crippen LogP contribution in [0.15, 0.2) is 6.07 Å². The Morgan fingerprint density at radius 3 is 2.80 bits per heavy atom. The molecule has 0 saturated heterocycles. The molecule has 1 saturated carbocycles. The van der Waals surface area contributed by atoms with E-state index in [4.69, 9.17) is 0 Å². The topological polar surface area (TPSA) is 59.3 Å². The molecule has 1 N–H and O–H groups in total. The van der Waals surface area contributed by atoms with Crippen LogP contribution in [0.3, 0.4) is 0 Å². The van der Waals surface area contributed by atoms with E-state index in [1.54, 1.807) is 0 Å². The van der Waals surface area contributed by atoms with Crippen molar-refractivity contribution in [3.05, 3.63) is 28.7 Å². The zero-order valence-electron chi connectivity index (χ0n) is 16.1. The van der Waals surface area contributed by atoms with E-state index in [2.05, 4.69) is 36.2 Å². The maximum Gasteiger partial charge on any atom is 0.220 e. The van der Waals surface area contributed by atoms with E-state index in [0.29, 0.717) is 30.7 Å². The summed E-state index contributed by atoms with van der Waals surface area (Å²) in [7, 11) is 0. The molecule has 0 unspecified atom stereocenters. The number of carbonyl (C=O) groups is 1. The first-order chi connectivity index (χ1) is 11.9. The Labute approximate surface area is 150 Å². The number of fused-ring (bicyclic) bond motifs is 1. The van der Waals surface area contributed by atoms with E-state index in [-0.39, 0.29) is 5.91 Å². The highest BCUT2D eigenvalue weighted by Gasteiger charge is 2.28. The minimum atomic E-state index is 0.154. The number of carbonyl (C=O) groups excluding carboxylic acids is 1. The first kappa shape index (κ1) is 17.9. The SMILES string of the molecule is Cc1cc2nc(C)c(CCC(=O)N[C@@H]3CCC[C@H](C)[C@@H]3C)c(C)n2n1. The summed E-state index contributed by atoms with van der Waals surface area (Å²) in [5.74, 6) is 1.41. The number of rotatable bonds is 4. The molecule has 1 fully saturated rings. The summed E-state index contributed by atoms with van der Waals surface area (Å²) in [5.41, 5.74) is 5.06. The van der Waals surface area contributed by atoms with Gasteiger partial charge in [-0.3, -0.25) is 4.79 Å². The Morgan fingerprint density at radius 2 is 2.04 bits per heavy atom. The number of hydrogen-bond acceptors (Lipinski definition) is 3. The molecule has 1 aliphatic carbocycles. The number of aromatic nitrogens is 3. The quantitative estimate of drug-likeness (QED) is 0.925. The molecule has 2 aromatic rings. The highest BCUT2D eigenvalue weighted by molar-refractivity contribution is 5.76. The van der Waals surface area contributed by atoms with E-state index in [1.165, 1.54) is 12.8 Å². The van der Waals surface area contributed by atoms with E-state index < -0.39 is 0 Å². The van der Waals surface area contributed by atoms with Crippen molar-refractivity contribution in [2.24, 2.45) is 11.8 Å². The maximum absolute atomic E-state index is 12.5. The van der Waals surface area contributed by atoms with Crippen molar-refractivity contribution in [1.29, 1.82) is 0 Å². The zero-order chi connectivity index (χ0) is 18.1. The van der Waals surface area contributed by atoms with Crippen LogP contribution < -0.4 is 5.32 Å². The van der Waals surface area contributed by atoms with Crippen LogP contribution in [0, 0.1) is 32.6 Å². The van der Waals surface area contributed by atoms with Crippen molar-refractivity contribution >= 4 is 11.6 Å². The Balaban J connectivity index is 1.67. The third kappa shape index (κ3) is 3.70. The fraction of sp³-hybridized carbons (Fsp3) is 0.650. The molecule has 136 valence electrons. The van der Waals surface area contributed by atoms with E-state index in [0.717, 1.165) is 34.7 Å². The number of nitrogens with zero attached hydrogens (tertiary/aromatic N) is 3. The van der Waals surface area contributed by atoms with Crippen LogP contribution in [0.1, 0.15) is 62.2 Å². The molecule has 0 bridgehead atoms. The second-order valence-corrected chi connectivity index (χ2v) is 7.76. The van der Waals surface area contributed by atoms with Gasteiger partial charge in [0, 0.05) is 29.9 Å². The van der Waals surface area contributed by atoms with E-state index >= 15 is 0 Å². The van der Waals surface area contributed by atoms with Gasteiger partial charge < -0.3 is 5.32 Å². The minimum Gasteiger partial charge on any atom is -0.353 e. The first-order valence-corrected chi connectivity index (χ1v) is 9.48. The van der Waals surface area contributed by atoms with Crippen LogP contribution in [-0.4, -0.2) is 26.5 Å². The molecule has 0 aliphatic heterocycles. The summed E-state index contributed by atoms with van der Waals surface area (Å²) in [4.78, 5) is 17.1. The van der Waals surface area contributed by atoms with Crippen LogP contribution in [-0.2, 0) is 11.2 Å². The van der Waals surface area contributed by atoms with Crippen molar-refractivity contribution in [3.8, 4) is 0 Å². The van der Waals surface area contributed by atoms with Gasteiger partial charge in [0.25, 0.3) is 0 Å². The number of aryl methyl sites for hydroxylation is 3. The number of nitrogens with one attached hydrogen (secondary N) is 1. The third-order valence-electron chi connectivity index (χ3n) is 5.94. The monoisotopic (exact) mass is 342 g/mol. The largest absolute Gasteiger partial charge is 0.353 e. The average Bonchev–Trinajstić information content (AvgIpc) is 2.92. The molecule has 5 heteroatoms. The van der Waals surface area contributed by atoms with Crippen LogP contribution in [0.25, 0.3) is 5.65 Å². The molecule has 5 nitrogen and oxygen atoms in total. The van der Waals surface area contributed by atoms with Crippen molar-refractivity contribution in [1.82, 2.24) is 19.9 Å². The van der Waals surface area contributed by atoms with Gasteiger partial charge in [-0.05, 0) is 51.0 Å². The molecule has 0 aromatic carbocycles. The van der Waals surface area contributed by atoms with Crippen LogP contribution in [0.2, 0.25) is 0 Å². The number of hydrogen-bond donors (Lipinski definition) is 1. The summed E-state index contributed by atoms with van der Waals surface area (Å²) in [6, 6.07) is 2.31. The van der Waals surface area contributed by atoms with Crippen molar-refractivity contribution in [3.63, 3.8) is 0 Å². The lowest BCUT2D eigenvalue weighted by molar-refractivity contribution is -0.122. The minimum absolute atomic E-state index is 0.154. The summed E-state index contributed by atoms with van der Waals surface area (Å²) < 4.78 is 1.89. The lowest BCUT2D eigenvalue weighted by Crippen LogP contribution is -2.43. The molecular weight excluding hydrogens is 312 g/mol. The Hall–Kier alpha value is -1.91. The van der Waals surface area contributed by atoms with Gasteiger partial charge in [0.15, 0.2) is 5.65 Å². The molecular formula is C20H30N4O. The lowest BCUT2D eigenvalue weighted by Gasteiger charge is -2.34. The molecule has 2 aromatic heterocycles. The molecule has 0 spiro atoms. The van der Waals surface area contributed by atoms with E-state index in [9.17, 15) is 4.79 Å². The second kappa shape index (κ2) is 7.14. The fourth-order valence-corrected chi connectivity index (χ4v) is 4.11. The molecule has 25 heavy (non-hydrogen) atoms. The summed E-state index contributed by atoms with van der Waals surface area (Å²) in [5, 5.41) is 7.77. The highest BCUT2D eigenvalue weighted by atomic mass is 16.1. The highest BCUT2D eigenvalue weighted by Crippen LogP contribution is 2.29. The molecule has 3 rings (SSSR count). The van der Waals surface area contributed by atoms with Crippen molar-refractivity contribution in [2.45, 2.75) is 72.8 Å². The average molecular weight is 342 g/mol. The van der Waals surface area contributed by atoms with Crippen molar-refractivity contribution < 1.29 is 4.79 Å². The third-order valence-corrected chi connectivity index (χ3v) is 5.94.